The first-order valence-electron chi connectivity index (χ1n) is 7.17. The van der Waals surface area contributed by atoms with Crippen LogP contribution in [0.2, 0.25) is 0 Å². The Labute approximate surface area is 122 Å². The van der Waals surface area contributed by atoms with Crippen LogP contribution in [0.25, 0.3) is 0 Å². The highest BCUT2D eigenvalue weighted by Crippen LogP contribution is 2.24. The third-order valence-electron chi connectivity index (χ3n) is 3.69. The van der Waals surface area contributed by atoms with Crippen molar-refractivity contribution in [2.24, 2.45) is 5.73 Å². The van der Waals surface area contributed by atoms with E-state index in [1.807, 2.05) is 12.1 Å². The molecule has 1 aromatic carbocycles. The topological polar surface area (TPSA) is 94.4 Å². The number of hydrogen-bond acceptors (Lipinski definition) is 6. The minimum atomic E-state index is -0.347. The van der Waals surface area contributed by atoms with E-state index in [1.54, 1.807) is 12.1 Å². The van der Waals surface area contributed by atoms with E-state index in [2.05, 4.69) is 10.1 Å². The average molecular weight is 289 g/mol. The molecule has 1 saturated heterocycles. The molecule has 21 heavy (non-hydrogen) atoms. The Morgan fingerprint density at radius 2 is 2.14 bits per heavy atom. The van der Waals surface area contributed by atoms with Crippen LogP contribution in [0.15, 0.2) is 28.8 Å². The second kappa shape index (κ2) is 6.24. The number of ether oxygens (including phenoxy) is 1. The number of aromatic hydroxyl groups is 1. The van der Waals surface area contributed by atoms with Gasteiger partial charge in [0, 0.05) is 12.5 Å². The van der Waals surface area contributed by atoms with Crippen molar-refractivity contribution in [3.05, 3.63) is 41.5 Å². The summed E-state index contributed by atoms with van der Waals surface area (Å²) in [6.45, 7) is 1.45. The zero-order valence-electron chi connectivity index (χ0n) is 11.7. The molecule has 2 atom stereocenters. The lowest BCUT2D eigenvalue weighted by molar-refractivity contribution is 0.0773. The lowest BCUT2D eigenvalue weighted by atomic mass is 10.0. The average Bonchev–Trinajstić information content (AvgIpc) is 3.00. The van der Waals surface area contributed by atoms with Gasteiger partial charge in [-0.05, 0) is 37.0 Å². The molecule has 2 heterocycles. The van der Waals surface area contributed by atoms with Crippen molar-refractivity contribution in [2.45, 2.75) is 31.2 Å². The van der Waals surface area contributed by atoms with Gasteiger partial charge < -0.3 is 20.1 Å². The zero-order chi connectivity index (χ0) is 14.7. The Bertz CT molecular complexity index is 576. The van der Waals surface area contributed by atoms with E-state index >= 15 is 0 Å². The van der Waals surface area contributed by atoms with E-state index < -0.39 is 0 Å². The number of hydrogen-bond donors (Lipinski definition) is 2. The molecule has 1 aliphatic rings. The molecule has 1 fully saturated rings. The molecule has 6 heteroatoms. The van der Waals surface area contributed by atoms with Gasteiger partial charge >= 0.3 is 0 Å². The Morgan fingerprint density at radius 1 is 1.33 bits per heavy atom. The summed E-state index contributed by atoms with van der Waals surface area (Å²) in [7, 11) is 0. The highest BCUT2D eigenvalue weighted by atomic mass is 16.5. The van der Waals surface area contributed by atoms with Crippen LogP contribution in [0.4, 0.5) is 0 Å². The molecule has 112 valence electrons. The van der Waals surface area contributed by atoms with Gasteiger partial charge in [-0.1, -0.05) is 17.3 Å². The Balaban J connectivity index is 1.65. The van der Waals surface area contributed by atoms with Gasteiger partial charge in [0.15, 0.2) is 5.82 Å². The first kappa shape index (κ1) is 14.0. The minimum Gasteiger partial charge on any atom is -0.508 e. The van der Waals surface area contributed by atoms with Crippen molar-refractivity contribution in [1.29, 1.82) is 0 Å². The predicted molar refractivity (Wildman–Crippen MR) is 75.8 cm³/mol. The van der Waals surface area contributed by atoms with E-state index in [9.17, 15) is 5.11 Å². The molecule has 2 aromatic rings. The predicted octanol–water partition coefficient (Wildman–Crippen LogP) is 1.91. The number of nitrogens with two attached hydrogens (primary N) is 1. The summed E-state index contributed by atoms with van der Waals surface area (Å²) < 4.78 is 10.7. The van der Waals surface area contributed by atoms with Gasteiger partial charge in [0.2, 0.25) is 5.89 Å². The van der Waals surface area contributed by atoms with Crippen molar-refractivity contribution in [2.75, 3.05) is 13.2 Å². The van der Waals surface area contributed by atoms with Crippen LogP contribution in [-0.2, 0) is 11.2 Å². The van der Waals surface area contributed by atoms with Crippen molar-refractivity contribution in [3.63, 3.8) is 0 Å². The lowest BCUT2D eigenvalue weighted by Crippen LogP contribution is -2.17. The van der Waals surface area contributed by atoms with E-state index in [4.69, 9.17) is 15.0 Å². The van der Waals surface area contributed by atoms with Gasteiger partial charge in [0.05, 0.1) is 12.6 Å². The first-order valence-corrected chi connectivity index (χ1v) is 7.17. The third-order valence-corrected chi connectivity index (χ3v) is 3.69. The standard InChI is InChI=1S/C15H19N3O3/c16-13(8-10-3-5-12(19)6-4-10)15-17-14(18-21-15)11-2-1-7-20-9-11/h3-6,11,13,19H,1-2,7-9,16H2. The summed E-state index contributed by atoms with van der Waals surface area (Å²) in [5.41, 5.74) is 7.13. The van der Waals surface area contributed by atoms with E-state index in [0.717, 1.165) is 25.0 Å². The van der Waals surface area contributed by atoms with Gasteiger partial charge in [-0.2, -0.15) is 4.98 Å². The molecule has 0 aliphatic carbocycles. The van der Waals surface area contributed by atoms with Gasteiger partial charge in [-0.25, -0.2) is 0 Å². The van der Waals surface area contributed by atoms with Gasteiger partial charge in [-0.3, -0.25) is 0 Å². The van der Waals surface area contributed by atoms with E-state index in [1.165, 1.54) is 0 Å². The Morgan fingerprint density at radius 3 is 2.86 bits per heavy atom. The van der Waals surface area contributed by atoms with Gasteiger partial charge in [-0.15, -0.1) is 0 Å². The summed E-state index contributed by atoms with van der Waals surface area (Å²) >= 11 is 0. The van der Waals surface area contributed by atoms with Crippen LogP contribution in [0.5, 0.6) is 5.75 Å². The van der Waals surface area contributed by atoms with Crippen LogP contribution in [-0.4, -0.2) is 28.5 Å². The smallest absolute Gasteiger partial charge is 0.243 e. The molecule has 0 spiro atoms. The number of rotatable bonds is 4. The monoisotopic (exact) mass is 289 g/mol. The highest BCUT2D eigenvalue weighted by Gasteiger charge is 2.23. The normalized spacial score (nSPS) is 20.3. The summed E-state index contributed by atoms with van der Waals surface area (Å²) in [6, 6.07) is 6.60. The molecule has 3 rings (SSSR count). The Hall–Kier alpha value is -1.92. The number of benzene rings is 1. The fourth-order valence-corrected chi connectivity index (χ4v) is 2.48. The van der Waals surface area contributed by atoms with Gasteiger partial charge in [0.25, 0.3) is 0 Å². The maximum Gasteiger partial charge on any atom is 0.243 e. The van der Waals surface area contributed by atoms with Gasteiger partial charge in [0.1, 0.15) is 5.75 Å². The number of nitrogens with zero attached hydrogens (tertiary/aromatic N) is 2. The number of phenolic OH excluding ortho intramolecular Hbond substituents is 1. The van der Waals surface area contributed by atoms with Crippen LogP contribution < -0.4 is 5.73 Å². The molecule has 3 N–H and O–H groups in total. The fraction of sp³-hybridized carbons (Fsp3) is 0.467. The summed E-state index contributed by atoms with van der Waals surface area (Å²) in [5, 5.41) is 13.3. The van der Waals surface area contributed by atoms with Crippen molar-refractivity contribution in [3.8, 4) is 5.75 Å². The van der Waals surface area contributed by atoms with E-state index in [0.29, 0.717) is 24.7 Å². The molecule has 2 unspecified atom stereocenters. The number of phenols is 1. The SMILES string of the molecule is NC(Cc1ccc(O)cc1)c1nc(C2CCCOC2)no1. The maximum absolute atomic E-state index is 9.27. The molecular formula is C15H19N3O3. The molecule has 1 aromatic heterocycles. The number of aromatic nitrogens is 2. The van der Waals surface area contributed by atoms with Crippen molar-refractivity contribution < 1.29 is 14.4 Å². The minimum absolute atomic E-state index is 0.206. The molecule has 0 amide bonds. The lowest BCUT2D eigenvalue weighted by Gasteiger charge is -2.18. The second-order valence-electron chi connectivity index (χ2n) is 5.38. The van der Waals surface area contributed by atoms with Crippen molar-refractivity contribution >= 4 is 0 Å². The van der Waals surface area contributed by atoms with Crippen LogP contribution in [0, 0.1) is 0 Å². The second-order valence-corrected chi connectivity index (χ2v) is 5.38. The van der Waals surface area contributed by atoms with Crippen LogP contribution in [0.3, 0.4) is 0 Å². The van der Waals surface area contributed by atoms with E-state index in [-0.39, 0.29) is 17.7 Å². The van der Waals surface area contributed by atoms with Crippen LogP contribution in [0.1, 0.15) is 42.1 Å². The maximum atomic E-state index is 9.27. The molecule has 0 bridgehead atoms. The summed E-state index contributed by atoms with van der Waals surface area (Å²) in [6.07, 6.45) is 2.63. The zero-order valence-corrected chi connectivity index (χ0v) is 11.7. The van der Waals surface area contributed by atoms with Crippen molar-refractivity contribution in [1.82, 2.24) is 10.1 Å². The highest BCUT2D eigenvalue weighted by molar-refractivity contribution is 5.26. The first-order chi connectivity index (χ1) is 10.2. The molecular weight excluding hydrogens is 270 g/mol. The third kappa shape index (κ3) is 3.40. The summed E-state index contributed by atoms with van der Waals surface area (Å²) in [4.78, 5) is 4.42. The van der Waals surface area contributed by atoms with Crippen LogP contribution >= 0.6 is 0 Å². The molecule has 0 radical (unpaired) electrons. The Kier molecular flexibility index (Phi) is 4.17. The largest absolute Gasteiger partial charge is 0.508 e. The molecule has 0 saturated carbocycles. The fourth-order valence-electron chi connectivity index (χ4n) is 2.48. The quantitative estimate of drug-likeness (QED) is 0.893. The molecule has 6 nitrogen and oxygen atoms in total. The summed E-state index contributed by atoms with van der Waals surface area (Å²) in [5.74, 6) is 1.58. The molecule has 1 aliphatic heterocycles.